The van der Waals surface area contributed by atoms with Crippen LogP contribution in [0.4, 0.5) is 0 Å². The maximum absolute atomic E-state index is 12.2. The predicted octanol–water partition coefficient (Wildman–Crippen LogP) is -0.811. The number of amides is 1. The van der Waals surface area contributed by atoms with Gasteiger partial charge in [0, 0.05) is 30.8 Å². The van der Waals surface area contributed by atoms with Crippen LogP contribution in [0.3, 0.4) is 0 Å². The highest BCUT2D eigenvalue weighted by molar-refractivity contribution is 7.99. The second-order valence-corrected chi connectivity index (χ2v) is 7.60. The van der Waals surface area contributed by atoms with Crippen molar-refractivity contribution in [3.8, 4) is 0 Å². The molecular weight excluding hydrogens is 274 g/mol. The van der Waals surface area contributed by atoms with E-state index in [9.17, 15) is 13.2 Å². The molecule has 0 unspecified atom stereocenters. The molecule has 0 bridgehead atoms. The van der Waals surface area contributed by atoms with E-state index in [1.54, 1.807) is 16.7 Å². The summed E-state index contributed by atoms with van der Waals surface area (Å²) in [7, 11) is -3.20. The number of hydrogen-bond acceptors (Lipinski definition) is 5. The number of sulfonamides is 1. The Bertz CT molecular complexity index is 407. The van der Waals surface area contributed by atoms with Crippen molar-refractivity contribution in [1.29, 1.82) is 0 Å². The van der Waals surface area contributed by atoms with Crippen molar-refractivity contribution >= 4 is 27.7 Å². The summed E-state index contributed by atoms with van der Waals surface area (Å²) in [4.78, 5) is 14.0. The van der Waals surface area contributed by atoms with E-state index in [4.69, 9.17) is 0 Å². The van der Waals surface area contributed by atoms with Crippen LogP contribution >= 0.6 is 11.8 Å². The van der Waals surface area contributed by atoms with Crippen LogP contribution < -0.4 is 10.0 Å². The molecule has 18 heavy (non-hydrogen) atoms. The Morgan fingerprint density at radius 1 is 1.50 bits per heavy atom. The third-order valence-electron chi connectivity index (χ3n) is 3.13. The summed E-state index contributed by atoms with van der Waals surface area (Å²) in [6.07, 6.45) is 2.80. The fourth-order valence-corrected chi connectivity index (χ4v) is 4.08. The van der Waals surface area contributed by atoms with Gasteiger partial charge in [0.25, 0.3) is 0 Å². The lowest BCUT2D eigenvalue weighted by Gasteiger charge is -2.34. The molecule has 0 aromatic heterocycles. The maximum atomic E-state index is 12.2. The molecule has 2 N–H and O–H groups in total. The van der Waals surface area contributed by atoms with Crippen LogP contribution in [0.15, 0.2) is 0 Å². The van der Waals surface area contributed by atoms with Gasteiger partial charge in [0.05, 0.1) is 12.3 Å². The normalized spacial score (nSPS) is 29.5. The van der Waals surface area contributed by atoms with Crippen LogP contribution in [0.5, 0.6) is 0 Å². The van der Waals surface area contributed by atoms with Gasteiger partial charge in [-0.05, 0) is 12.8 Å². The molecule has 2 atom stereocenters. The first-order valence-electron chi connectivity index (χ1n) is 6.03. The molecule has 0 aliphatic carbocycles. The van der Waals surface area contributed by atoms with Crippen LogP contribution in [0.1, 0.15) is 12.8 Å². The lowest BCUT2D eigenvalue weighted by Crippen LogP contribution is -2.53. The number of likely N-dealkylation sites (tertiary alicyclic amines) is 1. The van der Waals surface area contributed by atoms with Crippen molar-refractivity contribution in [2.75, 3.05) is 31.0 Å². The van der Waals surface area contributed by atoms with Crippen molar-refractivity contribution in [2.45, 2.75) is 24.9 Å². The number of piperidine rings is 1. The number of thioether (sulfide) groups is 1. The van der Waals surface area contributed by atoms with E-state index in [1.165, 1.54) is 0 Å². The van der Waals surface area contributed by atoms with Gasteiger partial charge < -0.3 is 4.90 Å². The molecule has 2 fully saturated rings. The fraction of sp³-hybridized carbons (Fsp3) is 0.900. The third kappa shape index (κ3) is 3.84. The first-order chi connectivity index (χ1) is 8.46. The largest absolute Gasteiger partial charge is 0.340 e. The predicted molar refractivity (Wildman–Crippen MR) is 71.8 cm³/mol. The average molecular weight is 293 g/mol. The number of carbonyl (C=O) groups is 1. The number of rotatable bonds is 3. The Hall–Kier alpha value is -0.310. The number of nitrogens with one attached hydrogen (secondary N) is 2. The Morgan fingerprint density at radius 2 is 2.28 bits per heavy atom. The summed E-state index contributed by atoms with van der Waals surface area (Å²) < 4.78 is 25.0. The first kappa shape index (κ1) is 14.1. The van der Waals surface area contributed by atoms with Gasteiger partial charge in [-0.3, -0.25) is 10.1 Å². The molecule has 104 valence electrons. The molecule has 2 aliphatic rings. The van der Waals surface area contributed by atoms with E-state index in [2.05, 4.69) is 10.0 Å². The third-order valence-corrected chi connectivity index (χ3v) is 4.83. The second-order valence-electron chi connectivity index (χ2n) is 4.79. The van der Waals surface area contributed by atoms with E-state index >= 15 is 0 Å². The zero-order valence-electron chi connectivity index (χ0n) is 10.4. The molecule has 2 aliphatic heterocycles. The van der Waals surface area contributed by atoms with E-state index < -0.39 is 10.0 Å². The molecule has 0 aromatic rings. The molecule has 2 rings (SSSR count). The van der Waals surface area contributed by atoms with Gasteiger partial charge in [-0.2, -0.15) is 0 Å². The number of hydrogen-bond donors (Lipinski definition) is 2. The molecule has 2 saturated heterocycles. The van der Waals surface area contributed by atoms with Gasteiger partial charge >= 0.3 is 0 Å². The van der Waals surface area contributed by atoms with Crippen LogP contribution in [-0.4, -0.2) is 62.3 Å². The molecule has 0 aromatic carbocycles. The average Bonchev–Trinajstić information content (AvgIpc) is 2.79. The van der Waals surface area contributed by atoms with Crippen LogP contribution in [0.25, 0.3) is 0 Å². The molecule has 2 heterocycles. The highest BCUT2D eigenvalue weighted by Crippen LogP contribution is 2.16. The van der Waals surface area contributed by atoms with Crippen molar-refractivity contribution in [3.63, 3.8) is 0 Å². The highest BCUT2D eigenvalue weighted by Gasteiger charge is 2.31. The van der Waals surface area contributed by atoms with Gasteiger partial charge in [0.1, 0.15) is 0 Å². The van der Waals surface area contributed by atoms with Crippen molar-refractivity contribution < 1.29 is 13.2 Å². The van der Waals surface area contributed by atoms with E-state index in [1.807, 2.05) is 0 Å². The Morgan fingerprint density at radius 3 is 2.89 bits per heavy atom. The second kappa shape index (κ2) is 5.77. The van der Waals surface area contributed by atoms with Gasteiger partial charge in [-0.25, -0.2) is 13.1 Å². The number of carbonyl (C=O) groups excluding carboxylic acids is 1. The topological polar surface area (TPSA) is 78.5 Å². The highest BCUT2D eigenvalue weighted by atomic mass is 32.2. The standard InChI is InChI=1S/C10H19N3O3S2/c1-18(15,16)12-8-3-2-4-13(5-8)10(14)9-6-17-7-11-9/h8-9,11-12H,2-7H2,1H3/t8-,9-/m0/s1. The van der Waals surface area contributed by atoms with Gasteiger partial charge in [-0.15, -0.1) is 11.8 Å². The quantitative estimate of drug-likeness (QED) is 0.711. The number of nitrogens with zero attached hydrogens (tertiary/aromatic N) is 1. The SMILES string of the molecule is CS(=O)(=O)N[C@H]1CCCN(C(=O)[C@@H]2CSCN2)C1. The van der Waals surface area contributed by atoms with E-state index in [0.717, 1.165) is 37.3 Å². The van der Waals surface area contributed by atoms with Crippen LogP contribution in [-0.2, 0) is 14.8 Å². The molecule has 8 heteroatoms. The first-order valence-corrected chi connectivity index (χ1v) is 9.07. The summed E-state index contributed by atoms with van der Waals surface area (Å²) in [5.74, 6) is 1.72. The van der Waals surface area contributed by atoms with Crippen LogP contribution in [0.2, 0.25) is 0 Å². The summed E-state index contributed by atoms with van der Waals surface area (Å²) in [6, 6.07) is -0.251. The summed E-state index contributed by atoms with van der Waals surface area (Å²) >= 11 is 1.72. The minimum atomic E-state index is -3.20. The summed E-state index contributed by atoms with van der Waals surface area (Å²) in [5.41, 5.74) is 0. The van der Waals surface area contributed by atoms with Crippen LogP contribution in [0, 0.1) is 0 Å². The summed E-state index contributed by atoms with van der Waals surface area (Å²) in [6.45, 7) is 1.21. The molecular formula is C10H19N3O3S2. The lowest BCUT2D eigenvalue weighted by molar-refractivity contribution is -0.133. The monoisotopic (exact) mass is 293 g/mol. The summed E-state index contributed by atoms with van der Waals surface area (Å²) in [5, 5.41) is 3.15. The minimum Gasteiger partial charge on any atom is -0.340 e. The van der Waals surface area contributed by atoms with Crippen molar-refractivity contribution in [1.82, 2.24) is 14.9 Å². The molecule has 6 nitrogen and oxygen atoms in total. The minimum absolute atomic E-state index is 0.0972. The van der Waals surface area contributed by atoms with E-state index in [-0.39, 0.29) is 18.0 Å². The smallest absolute Gasteiger partial charge is 0.240 e. The van der Waals surface area contributed by atoms with Gasteiger partial charge in [0.2, 0.25) is 15.9 Å². The zero-order valence-corrected chi connectivity index (χ0v) is 12.0. The Kier molecular flexibility index (Phi) is 4.52. The maximum Gasteiger partial charge on any atom is 0.240 e. The Labute approximate surface area is 112 Å². The van der Waals surface area contributed by atoms with E-state index in [0.29, 0.717) is 6.54 Å². The fourth-order valence-electron chi connectivity index (χ4n) is 2.35. The molecule has 1 amide bonds. The van der Waals surface area contributed by atoms with Gasteiger partial charge in [0.15, 0.2) is 0 Å². The molecule has 0 radical (unpaired) electrons. The molecule has 0 saturated carbocycles. The van der Waals surface area contributed by atoms with Crippen molar-refractivity contribution in [2.24, 2.45) is 0 Å². The van der Waals surface area contributed by atoms with Gasteiger partial charge in [-0.1, -0.05) is 0 Å². The zero-order chi connectivity index (χ0) is 13.2. The Balaban J connectivity index is 1.91. The molecule has 0 spiro atoms. The lowest BCUT2D eigenvalue weighted by atomic mass is 10.1. The van der Waals surface area contributed by atoms with Crippen molar-refractivity contribution in [3.05, 3.63) is 0 Å².